The zero-order valence-electron chi connectivity index (χ0n) is 17.2. The van der Waals surface area contributed by atoms with E-state index in [4.69, 9.17) is 9.47 Å². The number of methoxy groups -OCH3 is 1. The Kier molecular flexibility index (Phi) is 7.77. The average Bonchev–Trinajstić information content (AvgIpc) is 3.38. The lowest BCUT2D eigenvalue weighted by Gasteiger charge is -2.21. The zero-order chi connectivity index (χ0) is 19.3. The van der Waals surface area contributed by atoms with E-state index < -0.39 is 0 Å². The van der Waals surface area contributed by atoms with Crippen molar-refractivity contribution in [3.63, 3.8) is 0 Å². The summed E-state index contributed by atoms with van der Waals surface area (Å²) in [5.74, 6) is 2.60. The van der Waals surface area contributed by atoms with Gasteiger partial charge in [-0.25, -0.2) is 0 Å². The molecule has 2 aliphatic heterocycles. The van der Waals surface area contributed by atoms with Gasteiger partial charge < -0.3 is 19.7 Å². The Balaban J connectivity index is 0.00000240. The summed E-state index contributed by atoms with van der Waals surface area (Å²) in [5.41, 5.74) is 5.05. The van der Waals surface area contributed by atoms with Gasteiger partial charge in [0.2, 0.25) is 0 Å². The van der Waals surface area contributed by atoms with Gasteiger partial charge >= 0.3 is 0 Å². The third kappa shape index (κ3) is 5.22. The van der Waals surface area contributed by atoms with E-state index in [1.165, 1.54) is 22.3 Å². The quantitative estimate of drug-likeness (QED) is 0.379. The first kappa shape index (κ1) is 21.9. The van der Waals surface area contributed by atoms with Gasteiger partial charge in [-0.3, -0.25) is 4.99 Å². The first-order chi connectivity index (χ1) is 13.8. The Morgan fingerprint density at radius 2 is 2.00 bits per heavy atom. The SMILES string of the molecule is CN=C(NCc1ccc(-c2ccc3c(c2)CCO3)cc1)N1CCC(COC)C1.I. The Hall–Kier alpha value is -1.80. The summed E-state index contributed by atoms with van der Waals surface area (Å²) in [7, 11) is 3.63. The molecule has 2 aliphatic rings. The topological polar surface area (TPSA) is 46.1 Å². The van der Waals surface area contributed by atoms with Gasteiger partial charge in [-0.2, -0.15) is 0 Å². The number of hydrogen-bond acceptors (Lipinski definition) is 3. The number of benzene rings is 2. The number of nitrogens with zero attached hydrogens (tertiary/aromatic N) is 2. The van der Waals surface area contributed by atoms with Crippen molar-refractivity contribution in [1.82, 2.24) is 10.2 Å². The van der Waals surface area contributed by atoms with E-state index in [2.05, 4.69) is 57.7 Å². The number of hydrogen-bond donors (Lipinski definition) is 1. The average molecular weight is 507 g/mol. The van der Waals surface area contributed by atoms with Crippen molar-refractivity contribution in [1.29, 1.82) is 0 Å². The number of guanidine groups is 1. The number of ether oxygens (including phenoxy) is 2. The smallest absolute Gasteiger partial charge is 0.193 e. The predicted molar refractivity (Wildman–Crippen MR) is 128 cm³/mol. The van der Waals surface area contributed by atoms with E-state index in [0.29, 0.717) is 5.92 Å². The van der Waals surface area contributed by atoms with Gasteiger partial charge in [0.15, 0.2) is 5.96 Å². The molecular weight excluding hydrogens is 477 g/mol. The minimum absolute atomic E-state index is 0. The number of fused-ring (bicyclic) bond motifs is 1. The number of nitrogens with one attached hydrogen (secondary N) is 1. The summed E-state index contributed by atoms with van der Waals surface area (Å²) >= 11 is 0. The number of aliphatic imine (C=N–C) groups is 1. The molecule has 1 N–H and O–H groups in total. The molecule has 1 saturated heterocycles. The molecule has 0 aliphatic carbocycles. The van der Waals surface area contributed by atoms with Crippen LogP contribution in [0, 0.1) is 5.92 Å². The van der Waals surface area contributed by atoms with Gasteiger partial charge in [0.1, 0.15) is 5.75 Å². The highest BCUT2D eigenvalue weighted by Gasteiger charge is 2.24. The fourth-order valence-electron chi connectivity index (χ4n) is 4.09. The van der Waals surface area contributed by atoms with Crippen molar-refractivity contribution in [2.45, 2.75) is 19.4 Å². The Morgan fingerprint density at radius 1 is 1.21 bits per heavy atom. The van der Waals surface area contributed by atoms with Crippen molar-refractivity contribution in [2.24, 2.45) is 10.9 Å². The first-order valence-corrected chi connectivity index (χ1v) is 10.1. The molecular formula is C23H30IN3O2. The third-order valence-corrected chi connectivity index (χ3v) is 5.63. The predicted octanol–water partition coefficient (Wildman–Crippen LogP) is 3.95. The van der Waals surface area contributed by atoms with Crippen molar-refractivity contribution < 1.29 is 9.47 Å². The van der Waals surface area contributed by atoms with Crippen molar-refractivity contribution in [2.75, 3.05) is 40.5 Å². The largest absolute Gasteiger partial charge is 0.493 e. The Labute approximate surface area is 190 Å². The number of halogens is 1. The van der Waals surface area contributed by atoms with Crippen LogP contribution in [0.15, 0.2) is 47.5 Å². The minimum Gasteiger partial charge on any atom is -0.493 e. The molecule has 0 bridgehead atoms. The van der Waals surface area contributed by atoms with Crippen LogP contribution in [0.4, 0.5) is 0 Å². The second kappa shape index (κ2) is 10.3. The first-order valence-electron chi connectivity index (χ1n) is 10.1. The number of rotatable bonds is 5. The van der Waals surface area contributed by atoms with Crippen molar-refractivity contribution in [3.8, 4) is 16.9 Å². The molecule has 5 nitrogen and oxygen atoms in total. The molecule has 0 amide bonds. The molecule has 4 rings (SSSR count). The molecule has 1 unspecified atom stereocenters. The van der Waals surface area contributed by atoms with E-state index in [1.54, 1.807) is 7.11 Å². The van der Waals surface area contributed by atoms with Crippen LogP contribution in [0.3, 0.4) is 0 Å². The highest BCUT2D eigenvalue weighted by Crippen LogP contribution is 2.30. The lowest BCUT2D eigenvalue weighted by atomic mass is 10.0. The molecule has 2 aromatic rings. The number of likely N-dealkylation sites (tertiary alicyclic amines) is 1. The third-order valence-electron chi connectivity index (χ3n) is 5.63. The van der Waals surface area contributed by atoms with Gasteiger partial charge in [0.25, 0.3) is 0 Å². The zero-order valence-corrected chi connectivity index (χ0v) is 19.5. The molecule has 0 saturated carbocycles. The van der Waals surface area contributed by atoms with E-state index in [-0.39, 0.29) is 24.0 Å². The molecule has 0 spiro atoms. The van der Waals surface area contributed by atoms with Gasteiger partial charge in [0, 0.05) is 46.1 Å². The highest BCUT2D eigenvalue weighted by atomic mass is 127. The normalized spacial score (nSPS) is 18.2. The fourth-order valence-corrected chi connectivity index (χ4v) is 4.09. The Bertz CT molecular complexity index is 839. The standard InChI is InChI=1S/C23H29N3O2.HI/c1-24-23(26-11-9-18(15-26)16-27-2)25-14-17-3-5-19(6-4-17)20-7-8-22-21(13-20)10-12-28-22;/h3-8,13,18H,9-12,14-16H2,1-2H3,(H,24,25);1H. The van der Waals surface area contributed by atoms with Crippen molar-refractivity contribution >= 4 is 29.9 Å². The van der Waals surface area contributed by atoms with Crippen LogP contribution >= 0.6 is 24.0 Å². The molecule has 2 heterocycles. The minimum atomic E-state index is 0. The maximum absolute atomic E-state index is 5.61. The maximum atomic E-state index is 5.61. The van der Waals surface area contributed by atoms with Gasteiger partial charge in [-0.1, -0.05) is 30.3 Å². The summed E-state index contributed by atoms with van der Waals surface area (Å²) in [6.45, 7) is 4.44. The summed E-state index contributed by atoms with van der Waals surface area (Å²) in [4.78, 5) is 6.78. The van der Waals surface area contributed by atoms with Gasteiger partial charge in [0.05, 0.1) is 13.2 Å². The second-order valence-corrected chi connectivity index (χ2v) is 7.57. The van der Waals surface area contributed by atoms with Crippen LogP contribution in [-0.2, 0) is 17.7 Å². The molecule has 2 aromatic carbocycles. The van der Waals surface area contributed by atoms with Crippen LogP contribution in [0.5, 0.6) is 5.75 Å². The molecule has 0 radical (unpaired) electrons. The lowest BCUT2D eigenvalue weighted by molar-refractivity contribution is 0.157. The Morgan fingerprint density at radius 3 is 2.76 bits per heavy atom. The van der Waals surface area contributed by atoms with E-state index in [1.807, 2.05) is 7.05 Å². The summed E-state index contributed by atoms with van der Waals surface area (Å²) in [5, 5.41) is 3.50. The van der Waals surface area contributed by atoms with Crippen LogP contribution in [0.25, 0.3) is 11.1 Å². The van der Waals surface area contributed by atoms with E-state index in [9.17, 15) is 0 Å². The van der Waals surface area contributed by atoms with E-state index in [0.717, 1.165) is 57.4 Å². The highest BCUT2D eigenvalue weighted by molar-refractivity contribution is 14.0. The van der Waals surface area contributed by atoms with E-state index >= 15 is 0 Å². The molecule has 0 aromatic heterocycles. The molecule has 156 valence electrons. The molecule has 6 heteroatoms. The van der Waals surface area contributed by atoms with Crippen LogP contribution in [0.2, 0.25) is 0 Å². The van der Waals surface area contributed by atoms with Gasteiger partial charge in [-0.15, -0.1) is 24.0 Å². The molecule has 29 heavy (non-hydrogen) atoms. The van der Waals surface area contributed by atoms with Crippen LogP contribution in [0.1, 0.15) is 17.5 Å². The fraction of sp³-hybridized carbons (Fsp3) is 0.435. The summed E-state index contributed by atoms with van der Waals surface area (Å²) < 4.78 is 10.9. The van der Waals surface area contributed by atoms with Gasteiger partial charge in [-0.05, 0) is 40.8 Å². The maximum Gasteiger partial charge on any atom is 0.193 e. The molecule has 1 fully saturated rings. The van der Waals surface area contributed by atoms with Crippen LogP contribution in [-0.4, -0.2) is 51.3 Å². The van der Waals surface area contributed by atoms with Crippen LogP contribution < -0.4 is 10.1 Å². The summed E-state index contributed by atoms with van der Waals surface area (Å²) in [6, 6.07) is 15.3. The lowest BCUT2D eigenvalue weighted by Crippen LogP contribution is -2.39. The molecule has 1 atom stereocenters. The van der Waals surface area contributed by atoms with Crippen molar-refractivity contribution in [3.05, 3.63) is 53.6 Å². The monoisotopic (exact) mass is 507 g/mol. The second-order valence-electron chi connectivity index (χ2n) is 7.57. The summed E-state index contributed by atoms with van der Waals surface area (Å²) in [6.07, 6.45) is 2.17.